The van der Waals surface area contributed by atoms with Crippen molar-refractivity contribution in [2.75, 3.05) is 5.75 Å². The molecule has 0 fully saturated rings. The van der Waals surface area contributed by atoms with Gasteiger partial charge in [0.1, 0.15) is 0 Å². The first-order valence-electron chi connectivity index (χ1n) is 4.01. The van der Waals surface area contributed by atoms with Crippen LogP contribution in [0, 0.1) is 0 Å². The average molecular weight is 296 g/mol. The summed E-state index contributed by atoms with van der Waals surface area (Å²) in [4.78, 5) is 11.7. The normalized spacial score (nSPS) is 12.6. The van der Waals surface area contributed by atoms with Crippen molar-refractivity contribution in [3.63, 3.8) is 0 Å². The van der Waals surface area contributed by atoms with Gasteiger partial charge in [0.05, 0.1) is 0 Å². The molecular weight excluding hydrogens is 285 g/mol. The molecule has 1 aromatic rings. The molecule has 3 nitrogen and oxygen atoms in total. The molecule has 14 heavy (non-hydrogen) atoms. The Bertz CT molecular complexity index is 279. The van der Waals surface area contributed by atoms with Crippen molar-refractivity contribution >= 4 is 41.3 Å². The van der Waals surface area contributed by atoms with Crippen LogP contribution in [0.25, 0.3) is 0 Å². The van der Waals surface area contributed by atoms with Gasteiger partial charge in [-0.05, 0) is 0 Å². The summed E-state index contributed by atoms with van der Waals surface area (Å²) in [5.74, 6) is -0.488. The van der Waals surface area contributed by atoms with Crippen molar-refractivity contribution in [2.45, 2.75) is 11.4 Å². The molecule has 1 rings (SSSR count). The molecule has 0 saturated carbocycles. The first-order chi connectivity index (χ1) is 6.70. The van der Waals surface area contributed by atoms with E-state index in [-0.39, 0.29) is 0 Å². The van der Waals surface area contributed by atoms with Gasteiger partial charge in [-0.2, -0.15) is 0 Å². The third-order valence-corrected chi connectivity index (χ3v) is 6.88. The van der Waals surface area contributed by atoms with Crippen molar-refractivity contribution in [1.29, 1.82) is 0 Å². The number of thiophene rings is 1. The topological polar surface area (TPSA) is 67.8 Å². The standard InChI is InChI=1S/C8H11NO2S2Se/c9-7(8(10)11)4-13-14-5-6-2-1-3-12-6/h1-3,7H,4-5,9H2,(H,10,11). The fourth-order valence-corrected chi connectivity index (χ4v) is 6.12. The number of carboxylic acids is 1. The Morgan fingerprint density at radius 1 is 1.79 bits per heavy atom. The maximum absolute atomic E-state index is 10.3. The van der Waals surface area contributed by atoms with E-state index in [1.807, 2.05) is 6.07 Å². The zero-order valence-corrected chi connectivity index (χ0v) is 10.8. The quantitative estimate of drug-likeness (QED) is 0.539. The number of hydrogen-bond acceptors (Lipinski definition) is 4. The molecule has 0 aromatic carbocycles. The van der Waals surface area contributed by atoms with Gasteiger partial charge in [0, 0.05) is 0 Å². The monoisotopic (exact) mass is 297 g/mol. The molecule has 0 aliphatic carbocycles. The number of aliphatic carboxylic acids is 1. The Morgan fingerprint density at radius 2 is 2.57 bits per heavy atom. The first kappa shape index (κ1) is 12.1. The van der Waals surface area contributed by atoms with Gasteiger partial charge in [-0.15, -0.1) is 0 Å². The van der Waals surface area contributed by atoms with Crippen molar-refractivity contribution in [1.82, 2.24) is 0 Å². The van der Waals surface area contributed by atoms with Crippen LogP contribution in [0.1, 0.15) is 4.88 Å². The molecule has 1 atom stereocenters. The molecule has 1 unspecified atom stereocenters. The van der Waals surface area contributed by atoms with Crippen molar-refractivity contribution in [3.8, 4) is 0 Å². The van der Waals surface area contributed by atoms with E-state index in [1.54, 1.807) is 21.5 Å². The van der Waals surface area contributed by atoms with Crippen LogP contribution in [0.3, 0.4) is 0 Å². The van der Waals surface area contributed by atoms with E-state index in [2.05, 4.69) is 17.2 Å². The first-order valence-corrected chi connectivity index (χ1v) is 9.11. The zero-order chi connectivity index (χ0) is 10.4. The Balaban J connectivity index is 2.08. The summed E-state index contributed by atoms with van der Waals surface area (Å²) in [7, 11) is 1.67. The van der Waals surface area contributed by atoms with Gasteiger partial charge in [0.2, 0.25) is 0 Å². The summed E-state index contributed by atoms with van der Waals surface area (Å²) < 4.78 is 0. The number of carbonyl (C=O) groups is 1. The summed E-state index contributed by atoms with van der Waals surface area (Å²) in [5, 5.41) is 13.5. The third-order valence-electron chi connectivity index (χ3n) is 1.47. The Morgan fingerprint density at radius 3 is 3.14 bits per heavy atom. The predicted octanol–water partition coefficient (Wildman–Crippen LogP) is -1.04. The molecule has 1 heterocycles. The summed E-state index contributed by atoms with van der Waals surface area (Å²) in [6.45, 7) is 0. The number of quaternary nitrogens is 1. The Kier molecular flexibility index (Phi) is 5.58. The molecule has 1 aromatic heterocycles. The van der Waals surface area contributed by atoms with E-state index >= 15 is 0 Å². The van der Waals surface area contributed by atoms with E-state index in [4.69, 9.17) is 0 Å². The van der Waals surface area contributed by atoms with Crippen LogP contribution in [-0.4, -0.2) is 31.6 Å². The van der Waals surface area contributed by atoms with Gasteiger partial charge in [-0.25, -0.2) is 0 Å². The second-order valence-corrected chi connectivity index (χ2v) is 8.05. The second-order valence-electron chi connectivity index (χ2n) is 2.64. The second kappa shape index (κ2) is 6.48. The summed E-state index contributed by atoms with van der Waals surface area (Å²) in [6.07, 6.45) is 0. The fraction of sp³-hybridized carbons (Fsp3) is 0.375. The molecule has 3 N–H and O–H groups in total. The summed E-state index contributed by atoms with van der Waals surface area (Å²) >= 11 is 2.16. The molecule has 0 saturated heterocycles. The van der Waals surface area contributed by atoms with E-state index < -0.39 is 12.0 Å². The number of hydrogen-bond donors (Lipinski definition) is 1. The summed E-state index contributed by atoms with van der Waals surface area (Å²) in [6, 6.07) is 3.56. The van der Waals surface area contributed by atoms with E-state index in [0.29, 0.717) is 19.6 Å². The number of rotatable bonds is 6. The average Bonchev–Trinajstić information content (AvgIpc) is 2.64. The van der Waals surface area contributed by atoms with Crippen LogP contribution >= 0.6 is 21.5 Å². The van der Waals surface area contributed by atoms with Gasteiger partial charge < -0.3 is 0 Å². The molecule has 0 spiro atoms. The van der Waals surface area contributed by atoms with E-state index in [9.17, 15) is 9.90 Å². The maximum atomic E-state index is 10.3. The van der Waals surface area contributed by atoms with Crippen LogP contribution in [0.15, 0.2) is 17.5 Å². The molecule has 0 amide bonds. The molecule has 6 heteroatoms. The van der Waals surface area contributed by atoms with Gasteiger partial charge in [0.15, 0.2) is 0 Å². The Labute approximate surface area is 96.3 Å². The minimum atomic E-state index is -1.05. The van der Waals surface area contributed by atoms with Gasteiger partial charge >= 0.3 is 96.5 Å². The van der Waals surface area contributed by atoms with Gasteiger partial charge in [-0.1, -0.05) is 0 Å². The van der Waals surface area contributed by atoms with Crippen LogP contribution < -0.4 is 10.8 Å². The van der Waals surface area contributed by atoms with Crippen LogP contribution in [-0.2, 0) is 10.1 Å². The van der Waals surface area contributed by atoms with E-state index in [0.717, 1.165) is 5.32 Å². The SMILES string of the molecule is [NH3+]C(CS[Se]Cc1cccs1)C(=O)[O-]. The molecule has 0 aliphatic rings. The third kappa shape index (κ3) is 4.48. The fourth-order valence-electron chi connectivity index (χ4n) is 0.693. The van der Waals surface area contributed by atoms with Gasteiger partial charge in [-0.3, -0.25) is 0 Å². The van der Waals surface area contributed by atoms with Gasteiger partial charge in [0.25, 0.3) is 0 Å². The molecule has 0 aliphatic heterocycles. The summed E-state index contributed by atoms with van der Waals surface area (Å²) in [5.41, 5.74) is 3.50. The predicted molar refractivity (Wildman–Crippen MR) is 57.9 cm³/mol. The van der Waals surface area contributed by atoms with Crippen molar-refractivity contribution in [2.24, 2.45) is 0 Å². The van der Waals surface area contributed by atoms with Crippen LogP contribution in [0.5, 0.6) is 0 Å². The minimum absolute atomic E-state index is 0.413. The number of carbonyl (C=O) groups excluding carboxylic acids is 1. The Hall–Kier alpha value is -0.000519. The molecule has 78 valence electrons. The molecule has 0 bridgehead atoms. The molecular formula is C8H11NO2S2Se. The van der Waals surface area contributed by atoms with Crippen LogP contribution in [0.4, 0.5) is 0 Å². The number of carboxylic acid groups (broad SMARTS) is 1. The van der Waals surface area contributed by atoms with Crippen molar-refractivity contribution < 1.29 is 15.6 Å². The van der Waals surface area contributed by atoms with E-state index in [1.165, 1.54) is 4.88 Å². The van der Waals surface area contributed by atoms with Crippen LogP contribution in [0.2, 0.25) is 0 Å². The molecule has 0 radical (unpaired) electrons. The van der Waals surface area contributed by atoms with Crippen molar-refractivity contribution in [3.05, 3.63) is 22.4 Å². The zero-order valence-electron chi connectivity index (χ0n) is 7.47.